The second-order valence-electron chi connectivity index (χ2n) is 7.20. The number of sulfonamides is 1. The van der Waals surface area contributed by atoms with Gasteiger partial charge in [0.15, 0.2) is 0 Å². The molecule has 1 saturated heterocycles. The third kappa shape index (κ3) is 5.11. The summed E-state index contributed by atoms with van der Waals surface area (Å²) in [6.07, 6.45) is 2.61. The van der Waals surface area contributed by atoms with Gasteiger partial charge in [0.1, 0.15) is 5.82 Å². The SMILES string of the molecule is CCN(CC)c1ccc(NC(=O)C2CCN(S(=O)(=O)c3ccc(Cl)cc3)CC2)cn1. The van der Waals surface area contributed by atoms with Crippen LogP contribution in [0.3, 0.4) is 0 Å². The van der Waals surface area contributed by atoms with Gasteiger partial charge >= 0.3 is 0 Å². The number of nitrogens with zero attached hydrogens (tertiary/aromatic N) is 3. The molecular formula is C21H27ClN4O3S. The van der Waals surface area contributed by atoms with Crippen LogP contribution in [0.5, 0.6) is 0 Å². The van der Waals surface area contributed by atoms with Crippen molar-refractivity contribution >= 4 is 39.0 Å². The van der Waals surface area contributed by atoms with Crippen LogP contribution in [0.4, 0.5) is 11.5 Å². The number of carbonyl (C=O) groups is 1. The Labute approximate surface area is 183 Å². The normalized spacial score (nSPS) is 15.7. The Morgan fingerprint density at radius 1 is 1.13 bits per heavy atom. The number of hydrogen-bond donors (Lipinski definition) is 1. The predicted molar refractivity (Wildman–Crippen MR) is 119 cm³/mol. The van der Waals surface area contributed by atoms with Crippen LogP contribution in [0.25, 0.3) is 0 Å². The molecule has 2 heterocycles. The van der Waals surface area contributed by atoms with Gasteiger partial charge in [-0.2, -0.15) is 4.31 Å². The average molecular weight is 451 g/mol. The molecule has 162 valence electrons. The first-order chi connectivity index (χ1) is 14.3. The number of pyridine rings is 1. The van der Waals surface area contributed by atoms with Crippen LogP contribution in [-0.2, 0) is 14.8 Å². The van der Waals surface area contributed by atoms with E-state index in [1.807, 2.05) is 12.1 Å². The number of aromatic nitrogens is 1. The number of amides is 1. The van der Waals surface area contributed by atoms with E-state index in [-0.39, 0.29) is 16.7 Å². The Morgan fingerprint density at radius 2 is 1.77 bits per heavy atom. The van der Waals surface area contributed by atoms with Crippen LogP contribution in [0.2, 0.25) is 5.02 Å². The molecule has 1 N–H and O–H groups in total. The molecule has 1 aliphatic heterocycles. The maximum absolute atomic E-state index is 12.8. The lowest BCUT2D eigenvalue weighted by atomic mass is 9.97. The van der Waals surface area contributed by atoms with E-state index in [0.29, 0.717) is 36.6 Å². The van der Waals surface area contributed by atoms with Gasteiger partial charge in [-0.25, -0.2) is 13.4 Å². The molecule has 0 aliphatic carbocycles. The van der Waals surface area contributed by atoms with Gasteiger partial charge in [-0.1, -0.05) is 11.6 Å². The molecule has 1 aromatic heterocycles. The molecule has 7 nitrogen and oxygen atoms in total. The Morgan fingerprint density at radius 3 is 2.30 bits per heavy atom. The van der Waals surface area contributed by atoms with E-state index >= 15 is 0 Å². The Kier molecular flexibility index (Phi) is 7.33. The highest BCUT2D eigenvalue weighted by molar-refractivity contribution is 7.89. The summed E-state index contributed by atoms with van der Waals surface area (Å²) in [5.74, 6) is 0.541. The second-order valence-corrected chi connectivity index (χ2v) is 9.57. The Bertz CT molecular complexity index is 953. The highest BCUT2D eigenvalue weighted by Gasteiger charge is 2.32. The van der Waals surface area contributed by atoms with Gasteiger partial charge in [0, 0.05) is 37.1 Å². The Hall–Kier alpha value is -2.16. The number of halogens is 1. The lowest BCUT2D eigenvalue weighted by molar-refractivity contribution is -0.120. The number of anilines is 2. The number of hydrogen-bond acceptors (Lipinski definition) is 5. The van der Waals surface area contributed by atoms with Crippen LogP contribution in [0, 0.1) is 5.92 Å². The molecule has 0 saturated carbocycles. The molecule has 2 aromatic rings. The quantitative estimate of drug-likeness (QED) is 0.696. The number of rotatable bonds is 7. The van der Waals surface area contributed by atoms with E-state index in [0.717, 1.165) is 18.9 Å². The second kappa shape index (κ2) is 9.76. The van der Waals surface area contributed by atoms with Gasteiger partial charge in [0.25, 0.3) is 0 Å². The average Bonchev–Trinajstić information content (AvgIpc) is 2.76. The van der Waals surface area contributed by atoms with Crippen molar-refractivity contribution in [1.29, 1.82) is 0 Å². The lowest BCUT2D eigenvalue weighted by Crippen LogP contribution is -2.41. The van der Waals surface area contributed by atoms with Crippen LogP contribution >= 0.6 is 11.6 Å². The van der Waals surface area contributed by atoms with Crippen molar-refractivity contribution in [2.45, 2.75) is 31.6 Å². The Balaban J connectivity index is 1.57. The van der Waals surface area contributed by atoms with E-state index in [4.69, 9.17) is 11.6 Å². The molecule has 9 heteroatoms. The summed E-state index contributed by atoms with van der Waals surface area (Å²) in [5.41, 5.74) is 0.645. The maximum atomic E-state index is 12.8. The fourth-order valence-corrected chi connectivity index (χ4v) is 5.15. The number of benzene rings is 1. The first-order valence-electron chi connectivity index (χ1n) is 10.1. The molecule has 1 fully saturated rings. The topological polar surface area (TPSA) is 82.6 Å². The highest BCUT2D eigenvalue weighted by Crippen LogP contribution is 2.26. The van der Waals surface area contributed by atoms with Gasteiger partial charge in [0.2, 0.25) is 15.9 Å². The zero-order valence-corrected chi connectivity index (χ0v) is 18.8. The summed E-state index contributed by atoms with van der Waals surface area (Å²) in [5, 5.41) is 3.39. The molecule has 3 rings (SSSR count). The van der Waals surface area contributed by atoms with E-state index in [1.165, 1.54) is 16.4 Å². The van der Waals surface area contributed by atoms with Crippen LogP contribution in [-0.4, -0.2) is 49.8 Å². The summed E-state index contributed by atoms with van der Waals surface area (Å²) < 4.78 is 27.0. The molecule has 1 aliphatic rings. The summed E-state index contributed by atoms with van der Waals surface area (Å²) in [6, 6.07) is 9.88. The predicted octanol–water partition coefficient (Wildman–Crippen LogP) is 3.62. The van der Waals surface area contributed by atoms with E-state index in [2.05, 4.69) is 29.0 Å². The largest absolute Gasteiger partial charge is 0.357 e. The van der Waals surface area contributed by atoms with Gasteiger partial charge < -0.3 is 10.2 Å². The summed E-state index contributed by atoms with van der Waals surface area (Å²) in [7, 11) is -3.58. The molecule has 0 unspecified atom stereocenters. The lowest BCUT2D eigenvalue weighted by Gasteiger charge is -2.30. The minimum Gasteiger partial charge on any atom is -0.357 e. The zero-order valence-electron chi connectivity index (χ0n) is 17.2. The van der Waals surface area contributed by atoms with Crippen molar-refractivity contribution < 1.29 is 13.2 Å². The van der Waals surface area contributed by atoms with Crippen molar-refractivity contribution in [3.8, 4) is 0 Å². The fourth-order valence-electron chi connectivity index (χ4n) is 3.55. The summed E-state index contributed by atoms with van der Waals surface area (Å²) >= 11 is 5.85. The van der Waals surface area contributed by atoms with Crippen molar-refractivity contribution in [3.63, 3.8) is 0 Å². The van der Waals surface area contributed by atoms with Crippen LogP contribution in [0.1, 0.15) is 26.7 Å². The third-order valence-corrected chi connectivity index (χ3v) is 7.54. The fraction of sp³-hybridized carbons (Fsp3) is 0.429. The van der Waals surface area contributed by atoms with Gasteiger partial charge in [-0.15, -0.1) is 0 Å². The number of piperidine rings is 1. The molecule has 0 bridgehead atoms. The van der Waals surface area contributed by atoms with E-state index < -0.39 is 10.0 Å². The highest BCUT2D eigenvalue weighted by atomic mass is 35.5. The molecule has 0 radical (unpaired) electrons. The van der Waals surface area contributed by atoms with Crippen molar-refractivity contribution in [1.82, 2.24) is 9.29 Å². The number of nitrogens with one attached hydrogen (secondary N) is 1. The zero-order chi connectivity index (χ0) is 21.7. The first-order valence-corrected chi connectivity index (χ1v) is 11.9. The molecule has 0 spiro atoms. The molecule has 0 atom stereocenters. The molecule has 1 aromatic carbocycles. The monoisotopic (exact) mass is 450 g/mol. The van der Waals surface area contributed by atoms with Crippen molar-refractivity contribution in [3.05, 3.63) is 47.6 Å². The van der Waals surface area contributed by atoms with Gasteiger partial charge in [0.05, 0.1) is 16.8 Å². The summed E-state index contributed by atoms with van der Waals surface area (Å²) in [4.78, 5) is 19.4. The van der Waals surface area contributed by atoms with Gasteiger partial charge in [-0.05, 0) is 63.1 Å². The minimum absolute atomic E-state index is 0.101. The molecule has 1 amide bonds. The first kappa shape index (κ1) is 22.5. The van der Waals surface area contributed by atoms with Gasteiger partial charge in [-0.3, -0.25) is 4.79 Å². The molecule has 30 heavy (non-hydrogen) atoms. The third-order valence-electron chi connectivity index (χ3n) is 5.38. The van der Waals surface area contributed by atoms with Crippen molar-refractivity contribution in [2.75, 3.05) is 36.4 Å². The number of carbonyl (C=O) groups excluding carboxylic acids is 1. The van der Waals surface area contributed by atoms with E-state index in [9.17, 15) is 13.2 Å². The van der Waals surface area contributed by atoms with Crippen LogP contribution < -0.4 is 10.2 Å². The molecular weight excluding hydrogens is 424 g/mol. The minimum atomic E-state index is -3.58. The van der Waals surface area contributed by atoms with Crippen LogP contribution in [0.15, 0.2) is 47.5 Å². The van der Waals surface area contributed by atoms with E-state index in [1.54, 1.807) is 18.3 Å². The summed E-state index contributed by atoms with van der Waals surface area (Å²) in [6.45, 7) is 6.49. The maximum Gasteiger partial charge on any atom is 0.243 e. The van der Waals surface area contributed by atoms with Crippen molar-refractivity contribution in [2.24, 2.45) is 5.92 Å². The smallest absolute Gasteiger partial charge is 0.243 e. The standard InChI is InChI=1S/C21H27ClN4O3S/c1-3-25(4-2)20-10-7-18(15-23-20)24-21(27)16-11-13-26(14-12-16)30(28,29)19-8-5-17(22)6-9-19/h5-10,15-16H,3-4,11-14H2,1-2H3,(H,24,27).